The first-order chi connectivity index (χ1) is 11.2. The summed E-state index contributed by atoms with van der Waals surface area (Å²) < 4.78 is 10.9. The lowest BCUT2D eigenvalue weighted by atomic mass is 10.1. The summed E-state index contributed by atoms with van der Waals surface area (Å²) in [7, 11) is 3.61. The Morgan fingerprint density at radius 2 is 2.00 bits per heavy atom. The van der Waals surface area contributed by atoms with Gasteiger partial charge in [0.05, 0.1) is 25.3 Å². The first-order valence-corrected chi connectivity index (χ1v) is 7.56. The standard InChI is InChI=1S/C18H20N2O3/c1-20-14(12-23-17-6-4-3-5-16(17)20)11-18(21)19-13-7-9-15(22-2)10-8-13/h3-10,14H,11-12H2,1-2H3,(H,19,21)/t14-/m1/s1. The Hall–Kier alpha value is -2.69. The van der Waals surface area contributed by atoms with Gasteiger partial charge in [0.2, 0.25) is 5.91 Å². The van der Waals surface area contributed by atoms with Crippen molar-refractivity contribution in [2.75, 3.05) is 31.0 Å². The summed E-state index contributed by atoms with van der Waals surface area (Å²) in [6.07, 6.45) is 0.372. The number of carbonyl (C=O) groups is 1. The van der Waals surface area contributed by atoms with E-state index in [9.17, 15) is 4.79 Å². The number of anilines is 2. The van der Waals surface area contributed by atoms with Crippen LogP contribution in [0.25, 0.3) is 0 Å². The third kappa shape index (κ3) is 3.39. The van der Waals surface area contributed by atoms with Crippen LogP contribution in [0.3, 0.4) is 0 Å². The van der Waals surface area contributed by atoms with Crippen LogP contribution in [0.5, 0.6) is 11.5 Å². The van der Waals surface area contributed by atoms with Gasteiger partial charge in [-0.15, -0.1) is 0 Å². The Morgan fingerprint density at radius 3 is 2.74 bits per heavy atom. The van der Waals surface area contributed by atoms with Crippen LogP contribution in [0.4, 0.5) is 11.4 Å². The topological polar surface area (TPSA) is 50.8 Å². The number of amides is 1. The highest BCUT2D eigenvalue weighted by Crippen LogP contribution is 2.33. The third-order valence-corrected chi connectivity index (χ3v) is 4.02. The zero-order chi connectivity index (χ0) is 16.2. The molecule has 0 saturated carbocycles. The summed E-state index contributed by atoms with van der Waals surface area (Å²) in [5, 5.41) is 2.91. The van der Waals surface area contributed by atoms with E-state index in [0.29, 0.717) is 13.0 Å². The average Bonchev–Trinajstić information content (AvgIpc) is 2.58. The Balaban J connectivity index is 1.62. The smallest absolute Gasteiger partial charge is 0.226 e. The van der Waals surface area contributed by atoms with Gasteiger partial charge in [0, 0.05) is 12.7 Å². The van der Waals surface area contributed by atoms with Crippen molar-refractivity contribution in [2.45, 2.75) is 12.5 Å². The molecule has 2 aromatic rings. The summed E-state index contributed by atoms with van der Waals surface area (Å²) in [6, 6.07) is 15.2. The molecule has 2 aromatic carbocycles. The molecule has 1 atom stereocenters. The van der Waals surface area contributed by atoms with E-state index in [1.807, 2.05) is 55.6 Å². The molecule has 0 aromatic heterocycles. The van der Waals surface area contributed by atoms with Crippen LogP contribution in [0.15, 0.2) is 48.5 Å². The molecule has 120 valence electrons. The average molecular weight is 312 g/mol. The lowest BCUT2D eigenvalue weighted by Crippen LogP contribution is -2.42. The SMILES string of the molecule is COc1ccc(NC(=O)C[C@@H]2COc3ccccc3N2C)cc1. The molecule has 0 radical (unpaired) electrons. The zero-order valence-electron chi connectivity index (χ0n) is 13.3. The van der Waals surface area contributed by atoms with Crippen molar-refractivity contribution in [3.8, 4) is 11.5 Å². The van der Waals surface area contributed by atoms with Gasteiger partial charge in [0.15, 0.2) is 0 Å². The normalized spacial score (nSPS) is 16.3. The minimum Gasteiger partial charge on any atom is -0.497 e. The van der Waals surface area contributed by atoms with E-state index < -0.39 is 0 Å². The van der Waals surface area contributed by atoms with Crippen molar-refractivity contribution >= 4 is 17.3 Å². The molecular formula is C18H20N2O3. The molecule has 5 nitrogen and oxygen atoms in total. The van der Waals surface area contributed by atoms with Crippen molar-refractivity contribution < 1.29 is 14.3 Å². The summed E-state index contributed by atoms with van der Waals surface area (Å²) >= 11 is 0. The highest BCUT2D eigenvalue weighted by molar-refractivity contribution is 5.91. The molecule has 1 aliphatic rings. The fraction of sp³-hybridized carbons (Fsp3) is 0.278. The lowest BCUT2D eigenvalue weighted by Gasteiger charge is -2.35. The lowest BCUT2D eigenvalue weighted by molar-refractivity contribution is -0.116. The Morgan fingerprint density at radius 1 is 1.26 bits per heavy atom. The van der Waals surface area contributed by atoms with Crippen molar-refractivity contribution in [1.29, 1.82) is 0 Å². The highest BCUT2D eigenvalue weighted by atomic mass is 16.5. The van der Waals surface area contributed by atoms with Gasteiger partial charge in [-0.05, 0) is 36.4 Å². The van der Waals surface area contributed by atoms with Crippen LogP contribution in [-0.4, -0.2) is 32.7 Å². The first kappa shape index (κ1) is 15.2. The fourth-order valence-electron chi connectivity index (χ4n) is 2.66. The number of rotatable bonds is 4. The highest BCUT2D eigenvalue weighted by Gasteiger charge is 2.26. The Bertz CT molecular complexity index is 685. The van der Waals surface area contributed by atoms with E-state index >= 15 is 0 Å². The summed E-state index contributed by atoms with van der Waals surface area (Å²) in [4.78, 5) is 14.4. The Kier molecular flexibility index (Phi) is 4.37. The number of hydrogen-bond acceptors (Lipinski definition) is 4. The van der Waals surface area contributed by atoms with Crippen molar-refractivity contribution in [1.82, 2.24) is 0 Å². The second-order valence-electron chi connectivity index (χ2n) is 5.52. The van der Waals surface area contributed by atoms with Crippen LogP contribution in [0.2, 0.25) is 0 Å². The van der Waals surface area contributed by atoms with E-state index in [2.05, 4.69) is 10.2 Å². The predicted molar refractivity (Wildman–Crippen MR) is 90.4 cm³/mol. The maximum Gasteiger partial charge on any atom is 0.226 e. The maximum absolute atomic E-state index is 12.3. The number of para-hydroxylation sites is 2. The monoisotopic (exact) mass is 312 g/mol. The molecule has 1 aliphatic heterocycles. The predicted octanol–water partition coefficient (Wildman–Crippen LogP) is 2.92. The quantitative estimate of drug-likeness (QED) is 0.943. The third-order valence-electron chi connectivity index (χ3n) is 4.02. The number of nitrogens with one attached hydrogen (secondary N) is 1. The number of fused-ring (bicyclic) bond motifs is 1. The molecule has 0 saturated heterocycles. The molecule has 0 fully saturated rings. The largest absolute Gasteiger partial charge is 0.497 e. The zero-order valence-corrected chi connectivity index (χ0v) is 13.3. The van der Waals surface area contributed by atoms with E-state index in [4.69, 9.17) is 9.47 Å². The van der Waals surface area contributed by atoms with Crippen LogP contribution in [0.1, 0.15) is 6.42 Å². The van der Waals surface area contributed by atoms with E-state index in [0.717, 1.165) is 22.9 Å². The first-order valence-electron chi connectivity index (χ1n) is 7.56. The molecule has 1 amide bonds. The molecule has 1 heterocycles. The minimum absolute atomic E-state index is 0.0168. The van der Waals surface area contributed by atoms with Gasteiger partial charge < -0.3 is 19.7 Å². The van der Waals surface area contributed by atoms with E-state index in [-0.39, 0.29) is 11.9 Å². The van der Waals surface area contributed by atoms with Crippen molar-refractivity contribution in [2.24, 2.45) is 0 Å². The maximum atomic E-state index is 12.3. The van der Waals surface area contributed by atoms with Crippen LogP contribution < -0.4 is 19.7 Å². The number of ether oxygens (including phenoxy) is 2. The molecular weight excluding hydrogens is 292 g/mol. The van der Waals surface area contributed by atoms with Crippen molar-refractivity contribution in [3.63, 3.8) is 0 Å². The number of hydrogen-bond donors (Lipinski definition) is 1. The summed E-state index contributed by atoms with van der Waals surface area (Å²) in [6.45, 7) is 0.504. The molecule has 0 unspecified atom stereocenters. The molecule has 1 N–H and O–H groups in total. The number of methoxy groups -OCH3 is 1. The van der Waals surface area contributed by atoms with E-state index in [1.54, 1.807) is 7.11 Å². The summed E-state index contributed by atoms with van der Waals surface area (Å²) in [5.74, 6) is 1.59. The van der Waals surface area contributed by atoms with Gasteiger partial charge in [-0.2, -0.15) is 0 Å². The van der Waals surface area contributed by atoms with Gasteiger partial charge in [0.25, 0.3) is 0 Å². The van der Waals surface area contributed by atoms with Gasteiger partial charge in [-0.3, -0.25) is 4.79 Å². The number of likely N-dealkylation sites (N-methyl/N-ethyl adjacent to an activating group) is 1. The van der Waals surface area contributed by atoms with Gasteiger partial charge in [0.1, 0.15) is 18.1 Å². The molecule has 3 rings (SSSR count). The van der Waals surface area contributed by atoms with E-state index in [1.165, 1.54) is 0 Å². The molecule has 0 bridgehead atoms. The number of nitrogens with zero attached hydrogens (tertiary/aromatic N) is 1. The fourth-order valence-corrected chi connectivity index (χ4v) is 2.66. The Labute approximate surface area is 135 Å². The molecule has 0 spiro atoms. The molecule has 23 heavy (non-hydrogen) atoms. The second-order valence-corrected chi connectivity index (χ2v) is 5.52. The van der Waals surface area contributed by atoms with Crippen LogP contribution in [-0.2, 0) is 4.79 Å². The van der Waals surface area contributed by atoms with Crippen molar-refractivity contribution in [3.05, 3.63) is 48.5 Å². The molecule has 0 aliphatic carbocycles. The van der Waals surface area contributed by atoms with Gasteiger partial charge >= 0.3 is 0 Å². The van der Waals surface area contributed by atoms with Gasteiger partial charge in [-0.25, -0.2) is 0 Å². The van der Waals surface area contributed by atoms with Gasteiger partial charge in [-0.1, -0.05) is 12.1 Å². The summed E-state index contributed by atoms with van der Waals surface area (Å²) in [5.41, 5.74) is 1.77. The number of carbonyl (C=O) groups excluding carboxylic acids is 1. The van der Waals surface area contributed by atoms with Crippen LogP contribution >= 0.6 is 0 Å². The molecule has 5 heteroatoms. The number of benzene rings is 2. The van der Waals surface area contributed by atoms with Crippen LogP contribution in [0, 0.1) is 0 Å². The minimum atomic E-state index is -0.0324. The second kappa shape index (κ2) is 6.60.